The van der Waals surface area contributed by atoms with Gasteiger partial charge in [-0.3, -0.25) is 0 Å². The van der Waals surface area contributed by atoms with Gasteiger partial charge >= 0.3 is 10.2 Å². The topological polar surface area (TPSA) is 75.4 Å². The fourth-order valence-corrected chi connectivity index (χ4v) is 2.40. The first-order chi connectivity index (χ1) is 8.36. The Hall–Kier alpha value is -1.44. The highest BCUT2D eigenvalue weighted by atomic mass is 32.2. The Kier molecular flexibility index (Phi) is 4.44. The highest BCUT2D eigenvalue weighted by molar-refractivity contribution is 7.87. The van der Waals surface area contributed by atoms with E-state index in [9.17, 15) is 13.5 Å². The minimum Gasteiger partial charge on any atom is -0.383 e. The Bertz CT molecular complexity index is 546. The molecule has 0 aromatic carbocycles. The van der Waals surface area contributed by atoms with Crippen LogP contribution in [0.25, 0.3) is 0 Å². The number of allylic oxidation sites excluding steroid dienone is 1. The van der Waals surface area contributed by atoms with Gasteiger partial charge in [-0.05, 0) is 0 Å². The van der Waals surface area contributed by atoms with Crippen LogP contribution >= 0.6 is 0 Å². The molecule has 0 bridgehead atoms. The number of nitrogens with zero attached hydrogens (tertiary/aromatic N) is 3. The summed E-state index contributed by atoms with van der Waals surface area (Å²) in [6.45, 7) is 7.03. The van der Waals surface area contributed by atoms with Gasteiger partial charge in [0.2, 0.25) is 0 Å². The highest BCUT2D eigenvalue weighted by Crippen LogP contribution is 2.20. The van der Waals surface area contributed by atoms with Crippen LogP contribution in [0.1, 0.15) is 17.5 Å². The molecule has 1 N–H and O–H groups in total. The molecule has 0 fully saturated rings. The molecule has 0 amide bonds. The van der Waals surface area contributed by atoms with E-state index in [1.54, 1.807) is 6.08 Å². The molecule has 0 saturated carbocycles. The molecular weight excluding hydrogens is 254 g/mol. The van der Waals surface area contributed by atoms with Gasteiger partial charge in [-0.2, -0.15) is 12.7 Å². The average Bonchev–Trinajstić information content (AvgIpc) is 2.72. The summed E-state index contributed by atoms with van der Waals surface area (Å²) in [7, 11) is -0.802. The molecule has 1 atom stereocenters. The van der Waals surface area contributed by atoms with E-state index in [-0.39, 0.29) is 12.1 Å². The second-order valence-corrected chi connectivity index (χ2v) is 5.86. The second-order valence-electron chi connectivity index (χ2n) is 3.84. The minimum atomic E-state index is -3.66. The lowest BCUT2D eigenvalue weighted by Gasteiger charge is -2.15. The van der Waals surface area contributed by atoms with Gasteiger partial charge in [0, 0.05) is 20.5 Å². The summed E-state index contributed by atoms with van der Waals surface area (Å²) < 4.78 is 26.2. The predicted octanol–water partition coefficient (Wildman–Crippen LogP) is 0.485. The van der Waals surface area contributed by atoms with Crippen molar-refractivity contribution in [1.29, 1.82) is 0 Å². The standard InChI is InChI=1S/C11H17N3O3S/c1-5-7-9-11(10(15)6-2)12-8-14(9)18(16,17)13(3)4/h5-6,8,10,15H,1-2,7H2,3-4H3. The quantitative estimate of drug-likeness (QED) is 0.764. The number of hydrogen-bond donors (Lipinski definition) is 1. The fraction of sp³-hybridized carbons (Fsp3) is 0.364. The Morgan fingerprint density at radius 2 is 2.17 bits per heavy atom. The van der Waals surface area contributed by atoms with E-state index in [0.717, 1.165) is 8.28 Å². The largest absolute Gasteiger partial charge is 0.383 e. The van der Waals surface area contributed by atoms with Crippen LogP contribution in [-0.2, 0) is 16.6 Å². The van der Waals surface area contributed by atoms with Gasteiger partial charge in [-0.25, -0.2) is 8.96 Å². The Morgan fingerprint density at radius 3 is 2.61 bits per heavy atom. The number of aromatic nitrogens is 2. The summed E-state index contributed by atoms with van der Waals surface area (Å²) in [6.07, 6.45) is 3.31. The van der Waals surface area contributed by atoms with Crippen molar-refractivity contribution >= 4 is 10.2 Å². The third-order valence-corrected chi connectivity index (χ3v) is 4.15. The van der Waals surface area contributed by atoms with Crippen molar-refractivity contribution in [3.63, 3.8) is 0 Å². The molecule has 0 radical (unpaired) electrons. The zero-order valence-corrected chi connectivity index (χ0v) is 11.3. The molecule has 1 unspecified atom stereocenters. The van der Waals surface area contributed by atoms with Crippen molar-refractivity contribution in [2.75, 3.05) is 14.1 Å². The smallest absolute Gasteiger partial charge is 0.308 e. The SMILES string of the molecule is C=CCc1c(C(O)C=C)ncn1S(=O)(=O)N(C)C. The molecule has 1 heterocycles. The molecule has 1 rings (SSSR count). The van der Waals surface area contributed by atoms with Crippen LogP contribution in [0.4, 0.5) is 0 Å². The number of hydrogen-bond acceptors (Lipinski definition) is 4. The van der Waals surface area contributed by atoms with E-state index >= 15 is 0 Å². The number of aliphatic hydroxyl groups excluding tert-OH is 1. The molecule has 100 valence electrons. The van der Waals surface area contributed by atoms with E-state index in [2.05, 4.69) is 18.1 Å². The summed E-state index contributed by atoms with van der Waals surface area (Å²) in [4.78, 5) is 3.94. The van der Waals surface area contributed by atoms with Crippen LogP contribution in [0.15, 0.2) is 31.6 Å². The normalized spacial score (nSPS) is 13.6. The van der Waals surface area contributed by atoms with Crippen molar-refractivity contribution in [2.24, 2.45) is 0 Å². The van der Waals surface area contributed by atoms with Crippen molar-refractivity contribution in [1.82, 2.24) is 13.3 Å². The minimum absolute atomic E-state index is 0.273. The van der Waals surface area contributed by atoms with Gasteiger partial charge in [0.05, 0.1) is 11.4 Å². The van der Waals surface area contributed by atoms with Gasteiger partial charge in [0.25, 0.3) is 0 Å². The number of rotatable bonds is 6. The van der Waals surface area contributed by atoms with E-state index in [4.69, 9.17) is 0 Å². The lowest BCUT2D eigenvalue weighted by Crippen LogP contribution is -2.29. The van der Waals surface area contributed by atoms with Gasteiger partial charge in [0.15, 0.2) is 0 Å². The van der Waals surface area contributed by atoms with Gasteiger partial charge in [-0.15, -0.1) is 13.2 Å². The summed E-state index contributed by atoms with van der Waals surface area (Å²) in [5.41, 5.74) is 0.654. The van der Waals surface area contributed by atoms with E-state index < -0.39 is 16.3 Å². The first-order valence-corrected chi connectivity index (χ1v) is 6.66. The zero-order chi connectivity index (χ0) is 13.9. The van der Waals surface area contributed by atoms with Crippen molar-refractivity contribution in [3.8, 4) is 0 Å². The van der Waals surface area contributed by atoms with Crippen LogP contribution in [0.5, 0.6) is 0 Å². The predicted molar refractivity (Wildman–Crippen MR) is 69.3 cm³/mol. The van der Waals surface area contributed by atoms with Crippen molar-refractivity contribution in [2.45, 2.75) is 12.5 Å². The Labute approximate surface area is 107 Å². The molecule has 6 nitrogen and oxygen atoms in total. The first kappa shape index (κ1) is 14.6. The summed E-state index contributed by atoms with van der Waals surface area (Å²) in [5, 5.41) is 9.72. The van der Waals surface area contributed by atoms with Crippen molar-refractivity contribution < 1.29 is 13.5 Å². The molecule has 1 aromatic rings. The third-order valence-electron chi connectivity index (χ3n) is 2.41. The summed E-state index contributed by atoms with van der Waals surface area (Å²) in [6, 6.07) is 0. The van der Waals surface area contributed by atoms with E-state index in [0.29, 0.717) is 5.69 Å². The fourth-order valence-electron chi connectivity index (χ4n) is 1.44. The van der Waals surface area contributed by atoms with E-state index in [1.807, 2.05) is 0 Å². The molecule has 0 aliphatic carbocycles. The van der Waals surface area contributed by atoms with E-state index in [1.165, 1.54) is 26.5 Å². The summed E-state index contributed by atoms with van der Waals surface area (Å²) in [5.74, 6) is 0. The second kappa shape index (κ2) is 5.47. The maximum Gasteiger partial charge on any atom is 0.308 e. The first-order valence-electron chi connectivity index (χ1n) is 5.27. The van der Waals surface area contributed by atoms with Crippen LogP contribution in [-0.4, -0.2) is 40.9 Å². The molecule has 1 aromatic heterocycles. The lowest BCUT2D eigenvalue weighted by molar-refractivity contribution is 0.223. The molecule has 7 heteroatoms. The Morgan fingerprint density at radius 1 is 1.56 bits per heavy atom. The van der Waals surface area contributed by atoms with Gasteiger partial charge in [0.1, 0.15) is 12.4 Å². The van der Waals surface area contributed by atoms with Gasteiger partial charge < -0.3 is 5.11 Å². The van der Waals surface area contributed by atoms with Crippen LogP contribution < -0.4 is 0 Å². The Balaban J connectivity index is 3.43. The number of imidazole rings is 1. The maximum absolute atomic E-state index is 12.1. The molecule has 18 heavy (non-hydrogen) atoms. The average molecular weight is 271 g/mol. The molecule has 0 spiro atoms. The molecular formula is C11H17N3O3S. The molecule has 0 aliphatic rings. The molecule has 0 aliphatic heterocycles. The molecule has 0 saturated heterocycles. The zero-order valence-electron chi connectivity index (χ0n) is 10.4. The van der Waals surface area contributed by atoms with Crippen LogP contribution in [0.2, 0.25) is 0 Å². The van der Waals surface area contributed by atoms with Crippen LogP contribution in [0, 0.1) is 0 Å². The third kappa shape index (κ3) is 2.53. The number of aliphatic hydroxyl groups is 1. The van der Waals surface area contributed by atoms with Crippen LogP contribution in [0.3, 0.4) is 0 Å². The van der Waals surface area contributed by atoms with Gasteiger partial charge in [-0.1, -0.05) is 12.2 Å². The summed E-state index contributed by atoms with van der Waals surface area (Å²) >= 11 is 0. The maximum atomic E-state index is 12.1. The lowest BCUT2D eigenvalue weighted by atomic mass is 10.1. The highest BCUT2D eigenvalue weighted by Gasteiger charge is 2.24. The monoisotopic (exact) mass is 271 g/mol. The van der Waals surface area contributed by atoms with Crippen molar-refractivity contribution in [3.05, 3.63) is 43.0 Å².